The van der Waals surface area contributed by atoms with Crippen molar-refractivity contribution >= 4 is 40.4 Å². The van der Waals surface area contributed by atoms with E-state index >= 15 is 0 Å². The van der Waals surface area contributed by atoms with Gasteiger partial charge in [0.1, 0.15) is 5.54 Å². The van der Waals surface area contributed by atoms with Crippen LogP contribution in [0.2, 0.25) is 5.02 Å². The predicted octanol–water partition coefficient (Wildman–Crippen LogP) is 1.90. The third-order valence-corrected chi connectivity index (χ3v) is 4.89. The Morgan fingerprint density at radius 1 is 1.29 bits per heavy atom. The van der Waals surface area contributed by atoms with Crippen molar-refractivity contribution in [3.63, 3.8) is 0 Å². The molecule has 3 heterocycles. The lowest BCUT2D eigenvalue weighted by Crippen LogP contribution is -2.59. The molecular formula is C16H14ClN3O4. The van der Waals surface area contributed by atoms with E-state index in [2.05, 4.69) is 10.6 Å². The van der Waals surface area contributed by atoms with Gasteiger partial charge in [-0.1, -0.05) is 11.6 Å². The number of urea groups is 1. The normalized spacial score (nSPS) is 23.6. The number of likely N-dealkylation sites (tertiary alicyclic amines) is 1. The molecule has 0 radical (unpaired) electrons. The van der Waals surface area contributed by atoms with Crippen molar-refractivity contribution in [1.82, 2.24) is 15.5 Å². The first-order valence-corrected chi connectivity index (χ1v) is 7.97. The maximum absolute atomic E-state index is 12.9. The fraction of sp³-hybridized carbons (Fsp3) is 0.312. The van der Waals surface area contributed by atoms with Crippen molar-refractivity contribution in [2.75, 3.05) is 13.1 Å². The van der Waals surface area contributed by atoms with Crippen molar-refractivity contribution in [1.29, 1.82) is 0 Å². The monoisotopic (exact) mass is 347 g/mol. The Morgan fingerprint density at radius 3 is 2.88 bits per heavy atom. The molecule has 1 spiro atoms. The Hall–Kier alpha value is -2.54. The number of carbonyl (C=O) groups is 3. The van der Waals surface area contributed by atoms with Gasteiger partial charge in [0.05, 0.1) is 23.4 Å². The molecule has 1 atom stereocenters. The minimum absolute atomic E-state index is 0.144. The van der Waals surface area contributed by atoms with Crippen molar-refractivity contribution in [2.45, 2.75) is 18.4 Å². The van der Waals surface area contributed by atoms with Gasteiger partial charge in [-0.05, 0) is 31.0 Å². The molecule has 2 aliphatic rings. The smallest absolute Gasteiger partial charge is 0.322 e. The molecule has 0 bridgehead atoms. The first-order chi connectivity index (χ1) is 11.5. The Kier molecular flexibility index (Phi) is 3.28. The van der Waals surface area contributed by atoms with E-state index in [1.165, 1.54) is 6.26 Å². The molecular weight excluding hydrogens is 334 g/mol. The molecule has 1 aromatic heterocycles. The van der Waals surface area contributed by atoms with Crippen LogP contribution >= 0.6 is 11.6 Å². The van der Waals surface area contributed by atoms with Gasteiger partial charge in [-0.3, -0.25) is 14.9 Å². The highest BCUT2D eigenvalue weighted by Crippen LogP contribution is 2.30. The van der Waals surface area contributed by atoms with Crippen LogP contribution in [0.1, 0.15) is 23.2 Å². The van der Waals surface area contributed by atoms with Gasteiger partial charge >= 0.3 is 6.03 Å². The zero-order valence-electron chi connectivity index (χ0n) is 12.6. The molecule has 24 heavy (non-hydrogen) atoms. The Morgan fingerprint density at radius 2 is 2.12 bits per heavy atom. The lowest BCUT2D eigenvalue weighted by Gasteiger charge is -2.38. The fourth-order valence-corrected chi connectivity index (χ4v) is 3.64. The summed E-state index contributed by atoms with van der Waals surface area (Å²) in [6.07, 6.45) is 2.62. The van der Waals surface area contributed by atoms with Gasteiger partial charge in [0.25, 0.3) is 11.8 Å². The molecule has 2 aromatic rings. The second-order valence-electron chi connectivity index (χ2n) is 6.08. The van der Waals surface area contributed by atoms with Gasteiger partial charge in [0, 0.05) is 11.9 Å². The SMILES string of the molecule is O=C1NC(=O)C2(CCCN(C(=O)c3ccc(Cl)c4occc34)C2)N1. The summed E-state index contributed by atoms with van der Waals surface area (Å²) >= 11 is 6.08. The highest BCUT2D eigenvalue weighted by Gasteiger charge is 2.49. The average molecular weight is 348 g/mol. The van der Waals surface area contributed by atoms with Crippen molar-refractivity contribution < 1.29 is 18.8 Å². The molecule has 8 heteroatoms. The quantitative estimate of drug-likeness (QED) is 0.771. The van der Waals surface area contributed by atoms with Gasteiger partial charge in [0.15, 0.2) is 5.58 Å². The van der Waals surface area contributed by atoms with Crippen LogP contribution in [0, 0.1) is 0 Å². The first-order valence-electron chi connectivity index (χ1n) is 7.59. The molecule has 2 aliphatic heterocycles. The molecule has 2 N–H and O–H groups in total. The van der Waals surface area contributed by atoms with E-state index in [-0.39, 0.29) is 18.4 Å². The number of hydrogen-bond acceptors (Lipinski definition) is 4. The highest BCUT2D eigenvalue weighted by atomic mass is 35.5. The summed E-state index contributed by atoms with van der Waals surface area (Å²) < 4.78 is 5.33. The molecule has 0 aliphatic carbocycles. The summed E-state index contributed by atoms with van der Waals surface area (Å²) in [5.74, 6) is -0.597. The number of fused-ring (bicyclic) bond motifs is 1. The second kappa shape index (κ2) is 5.24. The van der Waals surface area contributed by atoms with Crippen LogP contribution in [-0.2, 0) is 4.79 Å². The molecule has 2 saturated heterocycles. The van der Waals surface area contributed by atoms with Crippen molar-refractivity contribution in [2.24, 2.45) is 0 Å². The van der Waals surface area contributed by atoms with Gasteiger partial charge in [-0.15, -0.1) is 0 Å². The van der Waals surface area contributed by atoms with E-state index in [1.807, 2.05) is 0 Å². The summed E-state index contributed by atoms with van der Waals surface area (Å²) in [6.45, 7) is 0.664. The minimum atomic E-state index is -1.03. The number of hydrogen-bond donors (Lipinski definition) is 2. The Balaban J connectivity index is 1.67. The van der Waals surface area contributed by atoms with Crippen LogP contribution in [0.15, 0.2) is 28.9 Å². The molecule has 4 rings (SSSR count). The lowest BCUT2D eigenvalue weighted by atomic mass is 9.88. The number of imide groups is 1. The van der Waals surface area contributed by atoms with Gasteiger partial charge in [-0.2, -0.15) is 0 Å². The van der Waals surface area contributed by atoms with Gasteiger partial charge < -0.3 is 14.6 Å². The minimum Gasteiger partial charge on any atom is -0.463 e. The standard InChI is InChI=1S/C16H14ClN3O4/c17-11-3-2-10(9-4-7-24-12(9)11)13(21)20-6-1-5-16(8-20)14(22)18-15(23)19-16/h2-4,7H,1,5-6,8H2,(H2,18,19,22,23). The number of amides is 4. The fourth-order valence-electron chi connectivity index (χ4n) is 3.43. The van der Waals surface area contributed by atoms with Crippen LogP contribution in [0.5, 0.6) is 0 Å². The largest absolute Gasteiger partial charge is 0.463 e. The summed E-state index contributed by atoms with van der Waals surface area (Å²) in [7, 11) is 0. The number of benzene rings is 1. The number of halogens is 1. The molecule has 1 unspecified atom stereocenters. The van der Waals surface area contributed by atoms with Crippen molar-refractivity contribution in [3.8, 4) is 0 Å². The van der Waals surface area contributed by atoms with Crippen LogP contribution in [0.3, 0.4) is 0 Å². The maximum atomic E-state index is 12.9. The van der Waals surface area contributed by atoms with Crippen molar-refractivity contribution in [3.05, 3.63) is 35.0 Å². The zero-order valence-corrected chi connectivity index (χ0v) is 13.4. The maximum Gasteiger partial charge on any atom is 0.322 e. The second-order valence-corrected chi connectivity index (χ2v) is 6.49. The summed E-state index contributed by atoms with van der Waals surface area (Å²) in [5.41, 5.74) is -0.112. The van der Waals surface area contributed by atoms with Gasteiger partial charge in [0.2, 0.25) is 0 Å². The topological polar surface area (TPSA) is 91.7 Å². The number of carbonyl (C=O) groups excluding carboxylic acids is 3. The molecule has 7 nitrogen and oxygen atoms in total. The number of piperidine rings is 1. The molecule has 4 amide bonds. The van der Waals surface area contributed by atoms with Crippen LogP contribution in [-0.4, -0.2) is 41.4 Å². The molecule has 2 fully saturated rings. The number of nitrogens with zero attached hydrogens (tertiary/aromatic N) is 1. The number of nitrogens with one attached hydrogen (secondary N) is 2. The van der Waals surface area contributed by atoms with E-state index in [9.17, 15) is 14.4 Å². The highest BCUT2D eigenvalue weighted by molar-refractivity contribution is 6.35. The van der Waals surface area contributed by atoms with E-state index in [4.69, 9.17) is 16.0 Å². The summed E-state index contributed by atoms with van der Waals surface area (Å²) in [4.78, 5) is 38.1. The molecule has 124 valence electrons. The lowest BCUT2D eigenvalue weighted by molar-refractivity contribution is -0.125. The number of rotatable bonds is 1. The summed E-state index contributed by atoms with van der Waals surface area (Å²) in [5, 5.41) is 5.98. The van der Waals surface area contributed by atoms with Crippen LogP contribution < -0.4 is 10.6 Å². The van der Waals surface area contributed by atoms with E-state index in [0.717, 1.165) is 0 Å². The summed E-state index contributed by atoms with van der Waals surface area (Å²) in [6, 6.07) is 4.44. The third-order valence-electron chi connectivity index (χ3n) is 4.59. The van der Waals surface area contributed by atoms with E-state index in [0.29, 0.717) is 40.9 Å². The molecule has 0 saturated carbocycles. The average Bonchev–Trinajstić information content (AvgIpc) is 3.14. The van der Waals surface area contributed by atoms with Crippen LogP contribution in [0.25, 0.3) is 11.0 Å². The van der Waals surface area contributed by atoms with Gasteiger partial charge in [-0.25, -0.2) is 4.79 Å². The Bertz CT molecular complexity index is 877. The number of furan rings is 1. The third kappa shape index (κ3) is 2.16. The van der Waals surface area contributed by atoms with E-state index in [1.54, 1.807) is 23.1 Å². The Labute approximate surface area is 141 Å². The van der Waals surface area contributed by atoms with E-state index < -0.39 is 11.6 Å². The molecule has 1 aromatic carbocycles. The predicted molar refractivity (Wildman–Crippen MR) is 85.8 cm³/mol. The first kappa shape index (κ1) is 15.0. The zero-order chi connectivity index (χ0) is 16.9. The van der Waals surface area contributed by atoms with Crippen LogP contribution in [0.4, 0.5) is 4.79 Å².